The van der Waals surface area contributed by atoms with Crippen LogP contribution in [0.2, 0.25) is 0 Å². The van der Waals surface area contributed by atoms with Gasteiger partial charge in [0.05, 0.1) is 11.4 Å². The molecule has 6 nitrogen and oxygen atoms in total. The second-order valence-corrected chi connectivity index (χ2v) is 7.79. The Morgan fingerprint density at radius 3 is 2.62 bits per heavy atom. The summed E-state index contributed by atoms with van der Waals surface area (Å²) in [7, 11) is 0.235. The topological polar surface area (TPSA) is 66.9 Å². The average Bonchev–Trinajstić information content (AvgIpc) is 2.92. The van der Waals surface area contributed by atoms with E-state index in [-0.39, 0.29) is 11.7 Å². The summed E-state index contributed by atoms with van der Waals surface area (Å²) in [5.74, 6) is 0.135. The van der Waals surface area contributed by atoms with Crippen molar-refractivity contribution in [2.45, 2.75) is 12.8 Å². The van der Waals surface area contributed by atoms with Gasteiger partial charge in [0.25, 0.3) is 0 Å². The Bertz CT molecular complexity index is 683. The molecule has 0 N–H and O–H groups in total. The molecular formula is C17H24N2O4S. The highest BCUT2D eigenvalue weighted by Gasteiger charge is 2.28. The van der Waals surface area contributed by atoms with Crippen LogP contribution >= 0.6 is 0 Å². The lowest BCUT2D eigenvalue weighted by Crippen LogP contribution is -2.26. The first-order valence-corrected chi connectivity index (χ1v) is 9.57. The second-order valence-electron chi connectivity index (χ2n) is 5.77. The van der Waals surface area contributed by atoms with Gasteiger partial charge in [0.1, 0.15) is 0 Å². The Morgan fingerprint density at radius 2 is 2.04 bits per heavy atom. The number of methoxy groups -OCH3 is 1. The number of nitrogens with zero attached hydrogens (tertiary/aromatic N) is 2. The van der Waals surface area contributed by atoms with Gasteiger partial charge >= 0.3 is 0 Å². The SMILES string of the molecule is COCCCN(C)C(=O)/C=C/c1ccc(N2CCCS2(=O)=O)cc1. The van der Waals surface area contributed by atoms with E-state index in [1.165, 1.54) is 10.4 Å². The standard InChI is InChI=1S/C17H24N2O4S/c1-18(11-3-13-23-2)17(20)10-7-15-5-8-16(9-6-15)19-12-4-14-24(19,21)22/h5-10H,3-4,11-14H2,1-2H3/b10-7+. The largest absolute Gasteiger partial charge is 0.385 e. The van der Waals surface area contributed by atoms with Crippen LogP contribution < -0.4 is 4.31 Å². The van der Waals surface area contributed by atoms with Gasteiger partial charge in [-0.25, -0.2) is 8.42 Å². The van der Waals surface area contributed by atoms with Crippen molar-refractivity contribution in [1.82, 2.24) is 4.90 Å². The number of amides is 1. The number of anilines is 1. The van der Waals surface area contributed by atoms with Crippen molar-refractivity contribution < 1.29 is 17.9 Å². The lowest BCUT2D eigenvalue weighted by molar-refractivity contribution is -0.124. The van der Waals surface area contributed by atoms with E-state index in [9.17, 15) is 13.2 Å². The Morgan fingerprint density at radius 1 is 1.33 bits per heavy atom. The molecule has 1 aliphatic heterocycles. The molecule has 0 radical (unpaired) electrons. The van der Waals surface area contributed by atoms with Crippen molar-refractivity contribution in [3.63, 3.8) is 0 Å². The smallest absolute Gasteiger partial charge is 0.246 e. The minimum Gasteiger partial charge on any atom is -0.385 e. The maximum atomic E-state index is 12.0. The van der Waals surface area contributed by atoms with Crippen LogP contribution in [0.4, 0.5) is 5.69 Å². The molecule has 2 rings (SSSR count). The summed E-state index contributed by atoms with van der Waals surface area (Å²) in [4.78, 5) is 13.6. The first-order chi connectivity index (χ1) is 11.4. The van der Waals surface area contributed by atoms with Gasteiger partial charge in [-0.15, -0.1) is 0 Å². The average molecular weight is 352 g/mol. The molecule has 1 aromatic carbocycles. The monoisotopic (exact) mass is 352 g/mol. The molecule has 0 saturated carbocycles. The predicted octanol–water partition coefficient (Wildman–Crippen LogP) is 1.73. The number of carbonyl (C=O) groups excluding carboxylic acids is 1. The molecule has 7 heteroatoms. The zero-order valence-electron chi connectivity index (χ0n) is 14.1. The molecule has 1 aliphatic rings. The van der Waals surface area contributed by atoms with E-state index in [4.69, 9.17) is 4.74 Å². The number of benzene rings is 1. The van der Waals surface area contributed by atoms with E-state index in [1.807, 2.05) is 12.1 Å². The minimum absolute atomic E-state index is 0.0719. The van der Waals surface area contributed by atoms with Crippen molar-refractivity contribution in [2.24, 2.45) is 0 Å². The third kappa shape index (κ3) is 4.82. The Kier molecular flexibility index (Phi) is 6.39. The normalized spacial score (nSPS) is 16.7. The third-order valence-electron chi connectivity index (χ3n) is 3.92. The molecule has 1 aromatic rings. The zero-order chi connectivity index (χ0) is 17.6. The van der Waals surface area contributed by atoms with Crippen LogP contribution in [0.5, 0.6) is 0 Å². The summed E-state index contributed by atoms with van der Waals surface area (Å²) in [6, 6.07) is 7.18. The number of carbonyl (C=O) groups is 1. The molecule has 0 spiro atoms. The summed E-state index contributed by atoms with van der Waals surface area (Å²) in [5, 5.41) is 0. The number of sulfonamides is 1. The fourth-order valence-electron chi connectivity index (χ4n) is 2.53. The highest BCUT2D eigenvalue weighted by Crippen LogP contribution is 2.24. The molecule has 1 saturated heterocycles. The van der Waals surface area contributed by atoms with E-state index < -0.39 is 10.0 Å². The van der Waals surface area contributed by atoms with Gasteiger partial charge in [0.15, 0.2) is 0 Å². The molecular weight excluding hydrogens is 328 g/mol. The molecule has 24 heavy (non-hydrogen) atoms. The predicted molar refractivity (Wildman–Crippen MR) is 95.4 cm³/mol. The highest BCUT2D eigenvalue weighted by molar-refractivity contribution is 7.93. The van der Waals surface area contributed by atoms with Crippen molar-refractivity contribution in [3.8, 4) is 0 Å². The van der Waals surface area contributed by atoms with Crippen molar-refractivity contribution >= 4 is 27.7 Å². The summed E-state index contributed by atoms with van der Waals surface area (Å²) >= 11 is 0. The number of hydrogen-bond donors (Lipinski definition) is 0. The molecule has 132 valence electrons. The second kappa shape index (κ2) is 8.30. The third-order valence-corrected chi connectivity index (χ3v) is 5.79. The number of ether oxygens (including phenoxy) is 1. The first-order valence-electron chi connectivity index (χ1n) is 7.96. The van der Waals surface area contributed by atoms with Gasteiger partial charge in [-0.1, -0.05) is 12.1 Å². The van der Waals surface area contributed by atoms with Gasteiger partial charge in [-0.2, -0.15) is 0 Å². The number of hydrogen-bond acceptors (Lipinski definition) is 4. The van der Waals surface area contributed by atoms with E-state index in [2.05, 4.69) is 0 Å². The first kappa shape index (κ1) is 18.5. The zero-order valence-corrected chi connectivity index (χ0v) is 15.0. The summed E-state index contributed by atoms with van der Waals surface area (Å²) < 4.78 is 30.2. The maximum Gasteiger partial charge on any atom is 0.246 e. The lowest BCUT2D eigenvalue weighted by atomic mass is 10.2. The van der Waals surface area contributed by atoms with Crippen LogP contribution in [0.25, 0.3) is 6.08 Å². The number of rotatable bonds is 7. The highest BCUT2D eigenvalue weighted by atomic mass is 32.2. The van der Waals surface area contributed by atoms with Crippen LogP contribution in [0.15, 0.2) is 30.3 Å². The lowest BCUT2D eigenvalue weighted by Gasteiger charge is -2.16. The molecule has 1 amide bonds. The summed E-state index contributed by atoms with van der Waals surface area (Å²) in [5.41, 5.74) is 1.53. The van der Waals surface area contributed by atoms with Crippen molar-refractivity contribution in [2.75, 3.05) is 43.9 Å². The Balaban J connectivity index is 1.95. The van der Waals surface area contributed by atoms with E-state index >= 15 is 0 Å². The van der Waals surface area contributed by atoms with E-state index in [1.54, 1.807) is 37.3 Å². The van der Waals surface area contributed by atoms with E-state index in [0.29, 0.717) is 31.8 Å². The molecule has 0 aliphatic carbocycles. The van der Waals surface area contributed by atoms with Crippen LogP contribution in [-0.4, -0.2) is 58.8 Å². The minimum atomic E-state index is -3.16. The molecule has 1 fully saturated rings. The van der Waals surface area contributed by atoms with E-state index in [0.717, 1.165) is 12.0 Å². The van der Waals surface area contributed by atoms with Crippen LogP contribution in [0, 0.1) is 0 Å². The van der Waals surface area contributed by atoms with Gasteiger partial charge in [-0.3, -0.25) is 9.10 Å². The molecule has 0 atom stereocenters. The van der Waals surface area contributed by atoms with Crippen LogP contribution in [0.3, 0.4) is 0 Å². The van der Waals surface area contributed by atoms with Gasteiger partial charge in [-0.05, 0) is 36.6 Å². The van der Waals surface area contributed by atoms with Gasteiger partial charge < -0.3 is 9.64 Å². The maximum absolute atomic E-state index is 12.0. The van der Waals surface area contributed by atoms with Crippen molar-refractivity contribution in [1.29, 1.82) is 0 Å². The van der Waals surface area contributed by atoms with Gasteiger partial charge in [0.2, 0.25) is 15.9 Å². The number of likely N-dealkylation sites (N-methyl/N-ethyl adjacent to an activating group) is 1. The quantitative estimate of drug-likeness (QED) is 0.554. The Labute approximate surface area is 143 Å². The molecule has 0 bridgehead atoms. The Hall–Kier alpha value is -1.86. The molecule has 0 aromatic heterocycles. The van der Waals surface area contributed by atoms with Crippen LogP contribution in [0.1, 0.15) is 18.4 Å². The van der Waals surface area contributed by atoms with Crippen LogP contribution in [-0.2, 0) is 19.6 Å². The molecule has 1 heterocycles. The summed E-state index contributed by atoms with van der Waals surface area (Å²) in [6.45, 7) is 1.80. The fraction of sp³-hybridized carbons (Fsp3) is 0.471. The fourth-order valence-corrected chi connectivity index (χ4v) is 4.10. The van der Waals surface area contributed by atoms with Crippen molar-refractivity contribution in [3.05, 3.63) is 35.9 Å². The molecule has 0 unspecified atom stereocenters. The van der Waals surface area contributed by atoms with Gasteiger partial charge in [0, 0.05) is 39.9 Å². The summed E-state index contributed by atoms with van der Waals surface area (Å²) in [6.07, 6.45) is 4.71.